The minimum Gasteiger partial charge on any atom is -0.504 e. The Morgan fingerprint density at radius 2 is 1.50 bits per heavy atom. The smallest absolute Gasteiger partial charge is 0.224 e. The second kappa shape index (κ2) is 15.0. The van der Waals surface area contributed by atoms with Gasteiger partial charge in [0.1, 0.15) is 0 Å². The predicted octanol–water partition coefficient (Wildman–Crippen LogP) is 5.07. The number of aromatic hydroxyl groups is 1. The zero-order valence-electron chi connectivity index (χ0n) is 25.0. The number of hydrogen-bond acceptors (Lipinski definition) is 8. The molecule has 4 atom stereocenters. The predicted molar refractivity (Wildman–Crippen MR) is 153 cm³/mol. The number of phenols is 1. The van der Waals surface area contributed by atoms with E-state index in [0.717, 1.165) is 43.2 Å². The Kier molecular flexibility index (Phi) is 12.4. The zero-order chi connectivity index (χ0) is 30.1. The van der Waals surface area contributed by atoms with E-state index in [2.05, 4.69) is 13.0 Å². The van der Waals surface area contributed by atoms with Gasteiger partial charge in [0, 0.05) is 42.4 Å². The molecule has 220 valence electrons. The molecule has 0 aromatic heterocycles. The van der Waals surface area contributed by atoms with Crippen LogP contribution in [0.4, 0.5) is 0 Å². The third-order valence-corrected chi connectivity index (χ3v) is 8.26. The number of nitrogens with zero attached hydrogens (tertiary/aromatic N) is 1. The topological polar surface area (TPSA) is 137 Å². The highest BCUT2D eigenvalue weighted by Gasteiger charge is 2.40. The Labute approximate surface area is 238 Å². The fourth-order valence-corrected chi connectivity index (χ4v) is 6.34. The first-order valence-corrected chi connectivity index (χ1v) is 14.1. The van der Waals surface area contributed by atoms with Crippen LogP contribution < -0.4 is 4.74 Å². The summed E-state index contributed by atoms with van der Waals surface area (Å²) in [5.41, 5.74) is 4.77. The van der Waals surface area contributed by atoms with E-state index in [9.17, 15) is 24.9 Å². The molecule has 0 saturated heterocycles. The highest BCUT2D eigenvalue weighted by Crippen LogP contribution is 2.47. The van der Waals surface area contributed by atoms with Crippen molar-refractivity contribution < 1.29 is 34.4 Å². The summed E-state index contributed by atoms with van der Waals surface area (Å²) in [5.74, 6) is 1.61. The van der Waals surface area contributed by atoms with Crippen molar-refractivity contribution in [2.24, 2.45) is 17.8 Å². The molecule has 0 fully saturated rings. The van der Waals surface area contributed by atoms with Gasteiger partial charge in [-0.25, -0.2) is 0 Å². The van der Waals surface area contributed by atoms with E-state index in [1.165, 1.54) is 19.6 Å². The molecule has 3 N–H and O–H groups in total. The number of nitriles is 1. The normalized spacial score (nSPS) is 23.6. The summed E-state index contributed by atoms with van der Waals surface area (Å²) in [7, 11) is 3.02. The summed E-state index contributed by atoms with van der Waals surface area (Å²) in [4.78, 5) is 24.8. The van der Waals surface area contributed by atoms with Gasteiger partial charge < -0.3 is 24.8 Å². The van der Waals surface area contributed by atoms with Crippen LogP contribution in [0.15, 0.2) is 28.5 Å². The molecule has 1 aromatic rings. The number of hydrogen-bond donors (Lipinski definition) is 3. The Bertz CT molecular complexity index is 1190. The molecule has 0 aliphatic heterocycles. The highest BCUT2D eigenvalue weighted by molar-refractivity contribution is 6.24. The summed E-state index contributed by atoms with van der Waals surface area (Å²) in [6, 6.07) is 3.85. The molecule has 0 bridgehead atoms. The van der Waals surface area contributed by atoms with Crippen molar-refractivity contribution in [1.82, 2.24) is 0 Å². The number of allylic oxidation sites excluding steroid dienone is 3. The second-order valence-corrected chi connectivity index (χ2v) is 10.8. The second-order valence-electron chi connectivity index (χ2n) is 10.8. The van der Waals surface area contributed by atoms with Crippen molar-refractivity contribution in [1.29, 1.82) is 5.26 Å². The summed E-state index contributed by atoms with van der Waals surface area (Å²) in [6.07, 6.45) is 4.83. The zero-order valence-corrected chi connectivity index (χ0v) is 25.0. The molecule has 0 unspecified atom stereocenters. The van der Waals surface area contributed by atoms with Crippen LogP contribution in [0.3, 0.4) is 0 Å². The lowest BCUT2D eigenvalue weighted by Gasteiger charge is -2.34. The van der Waals surface area contributed by atoms with Crippen molar-refractivity contribution in [2.45, 2.75) is 79.1 Å². The minimum absolute atomic E-state index is 0.0515. The average molecular weight is 556 g/mol. The van der Waals surface area contributed by atoms with Gasteiger partial charge >= 0.3 is 0 Å². The van der Waals surface area contributed by atoms with Crippen LogP contribution in [0.1, 0.15) is 82.4 Å². The maximum Gasteiger partial charge on any atom is 0.224 e. The van der Waals surface area contributed by atoms with Crippen molar-refractivity contribution >= 4 is 11.6 Å². The Hall–Kier alpha value is -3.15. The van der Waals surface area contributed by atoms with Gasteiger partial charge in [0.2, 0.25) is 5.78 Å². The van der Waals surface area contributed by atoms with E-state index in [-0.39, 0.29) is 42.4 Å². The van der Waals surface area contributed by atoms with Crippen LogP contribution in [-0.4, -0.2) is 54.3 Å². The lowest BCUT2D eigenvalue weighted by molar-refractivity contribution is -0.119. The van der Waals surface area contributed by atoms with Gasteiger partial charge in [-0.2, -0.15) is 5.26 Å². The van der Waals surface area contributed by atoms with E-state index in [1.54, 1.807) is 20.1 Å². The molecule has 3 aliphatic rings. The molecular formula is C32H45NO7. The minimum atomic E-state index is -0.141. The third kappa shape index (κ3) is 6.76. The number of ketones is 2. The fraction of sp³-hybridized carbons (Fsp3) is 0.594. The van der Waals surface area contributed by atoms with Gasteiger partial charge in [-0.05, 0) is 87.2 Å². The molecule has 8 heteroatoms. The summed E-state index contributed by atoms with van der Waals surface area (Å²) < 4.78 is 10.4. The number of aliphatic hydroxyl groups excluding tert-OH is 2. The van der Waals surface area contributed by atoms with Gasteiger partial charge in [0.05, 0.1) is 20.3 Å². The van der Waals surface area contributed by atoms with Crippen molar-refractivity contribution in [2.75, 3.05) is 27.4 Å². The number of phenolic OH excluding ortho intramolecular Hbond substituents is 1. The summed E-state index contributed by atoms with van der Waals surface area (Å²) >= 11 is 0. The number of aliphatic hydroxyl groups is 2. The van der Waals surface area contributed by atoms with E-state index in [1.807, 2.05) is 13.8 Å². The van der Waals surface area contributed by atoms with Gasteiger partial charge in [0.25, 0.3) is 0 Å². The van der Waals surface area contributed by atoms with Crippen molar-refractivity contribution in [3.05, 3.63) is 45.2 Å². The third-order valence-electron chi connectivity index (χ3n) is 8.26. The van der Waals surface area contributed by atoms with Crippen LogP contribution in [-0.2, 0) is 20.7 Å². The molecular weight excluding hydrogens is 510 g/mol. The van der Waals surface area contributed by atoms with Crippen LogP contribution in [0.2, 0.25) is 0 Å². The quantitative estimate of drug-likeness (QED) is 0.414. The Morgan fingerprint density at radius 1 is 0.950 bits per heavy atom. The SMILES string of the molecule is CC#N.CC[C@@H]1C[C@H](CO)CC2=C1C(=O)C(OC)=C(C)C2=O.CC[C@@H]1C[C@H](CO)Cc2cc(C)c(OC)c(O)c21. The lowest BCUT2D eigenvalue weighted by atomic mass is 9.70. The van der Waals surface area contributed by atoms with Gasteiger partial charge in [0.15, 0.2) is 23.0 Å². The van der Waals surface area contributed by atoms with E-state index in [0.29, 0.717) is 46.5 Å². The van der Waals surface area contributed by atoms with Crippen LogP contribution in [0.5, 0.6) is 11.5 Å². The Balaban J connectivity index is 0.000000256. The van der Waals surface area contributed by atoms with Crippen LogP contribution in [0, 0.1) is 36.0 Å². The number of aryl methyl sites for hydroxylation is 1. The van der Waals surface area contributed by atoms with E-state index < -0.39 is 0 Å². The molecule has 40 heavy (non-hydrogen) atoms. The maximum absolute atomic E-state index is 12.5. The first kappa shape index (κ1) is 33.1. The molecule has 0 radical (unpaired) electrons. The number of rotatable bonds is 6. The number of ether oxygens (including phenoxy) is 2. The van der Waals surface area contributed by atoms with Crippen LogP contribution >= 0.6 is 0 Å². The maximum atomic E-state index is 12.5. The fourth-order valence-electron chi connectivity index (χ4n) is 6.34. The molecule has 0 heterocycles. The van der Waals surface area contributed by atoms with Crippen LogP contribution in [0.25, 0.3) is 0 Å². The van der Waals surface area contributed by atoms with E-state index >= 15 is 0 Å². The van der Waals surface area contributed by atoms with Gasteiger partial charge in [-0.15, -0.1) is 0 Å². The standard InChI is InChI=1S/C15H20O4.C15H22O3.C2H3N/c1-4-10-5-9(7-16)6-11-12(10)14(18)15(19-3)8(2)13(11)17;1-4-11-6-10(8-16)7-12-5-9(2)15(18-3)14(17)13(11)12;1-2-3/h9-10,16H,4-7H2,1-3H3;5,10-11,16-17H,4,6-8H2,1-3H3;1H3/t9-,10+;10-,11+;/m00./s1. The summed E-state index contributed by atoms with van der Waals surface area (Å²) in [5, 5.41) is 36.4. The Morgan fingerprint density at radius 3 is 2.00 bits per heavy atom. The van der Waals surface area contributed by atoms with Gasteiger partial charge in [-0.3, -0.25) is 9.59 Å². The van der Waals surface area contributed by atoms with Crippen molar-refractivity contribution in [3.8, 4) is 17.6 Å². The monoisotopic (exact) mass is 555 g/mol. The summed E-state index contributed by atoms with van der Waals surface area (Å²) in [6.45, 7) is 9.43. The first-order chi connectivity index (χ1) is 19.1. The number of Topliss-reactive ketones (excluding diaryl/α,β-unsaturated/α-hetero) is 2. The molecule has 8 nitrogen and oxygen atoms in total. The molecule has 3 aliphatic carbocycles. The number of benzene rings is 1. The average Bonchev–Trinajstić information content (AvgIpc) is 2.95. The molecule has 0 spiro atoms. The van der Waals surface area contributed by atoms with E-state index in [4.69, 9.17) is 14.7 Å². The number of fused-ring (bicyclic) bond motifs is 1. The van der Waals surface area contributed by atoms with Crippen molar-refractivity contribution in [3.63, 3.8) is 0 Å². The molecule has 0 saturated carbocycles. The number of methoxy groups -OCH3 is 2. The van der Waals surface area contributed by atoms with Gasteiger partial charge in [-0.1, -0.05) is 19.9 Å². The molecule has 4 rings (SSSR count). The lowest BCUT2D eigenvalue weighted by Crippen LogP contribution is -2.33. The highest BCUT2D eigenvalue weighted by atomic mass is 16.5. The first-order valence-electron chi connectivity index (χ1n) is 14.1. The number of carbonyl (C=O) groups is 2. The number of carbonyl (C=O) groups excluding carboxylic acids is 2. The largest absolute Gasteiger partial charge is 0.504 e. The molecule has 0 amide bonds. The molecule has 1 aromatic carbocycles.